The minimum Gasteiger partial charge on any atom is -0.102 e. The molecule has 0 aliphatic rings. The van der Waals surface area contributed by atoms with Crippen molar-refractivity contribution in [3.8, 4) is 11.1 Å². The lowest BCUT2D eigenvalue weighted by atomic mass is 9.65. The quantitative estimate of drug-likeness (QED) is 0.524. The van der Waals surface area contributed by atoms with Crippen molar-refractivity contribution in [2.75, 3.05) is 0 Å². The second-order valence-electron chi connectivity index (χ2n) is 4.77. The summed E-state index contributed by atoms with van der Waals surface area (Å²) in [6.07, 6.45) is 0. The fourth-order valence-electron chi connectivity index (χ4n) is 2.22. The lowest BCUT2D eigenvalue weighted by molar-refractivity contribution is 1.63. The second kappa shape index (κ2) is 5.22. The highest BCUT2D eigenvalue weighted by atomic mass is 79.9. The van der Waals surface area contributed by atoms with Gasteiger partial charge in [0.2, 0.25) is 0 Å². The van der Waals surface area contributed by atoms with Gasteiger partial charge in [-0.05, 0) is 29.3 Å². The molecule has 0 unspecified atom stereocenters. The van der Waals surface area contributed by atoms with E-state index in [1.165, 1.54) is 27.4 Å². The molecule has 0 aromatic heterocycles. The fourth-order valence-corrected chi connectivity index (χ4v) is 3.08. The first-order valence-corrected chi connectivity index (χ1v) is 7.11. The summed E-state index contributed by atoms with van der Waals surface area (Å²) in [5.41, 5.74) is 7.81. The van der Waals surface area contributed by atoms with Crippen LogP contribution in [0.2, 0.25) is 5.02 Å². The topological polar surface area (TPSA) is 0 Å². The maximum Gasteiger partial charge on any atom is 0.139 e. The van der Waals surface area contributed by atoms with Crippen LogP contribution >= 0.6 is 27.5 Å². The Kier molecular flexibility index (Phi) is 4.03. The molecule has 0 amide bonds. The van der Waals surface area contributed by atoms with Gasteiger partial charge in [0.1, 0.15) is 31.4 Å². The maximum atomic E-state index is 6.13. The molecular formula is C12H12B4BrCl. The van der Waals surface area contributed by atoms with Crippen LogP contribution in [0, 0.1) is 0 Å². The first-order chi connectivity index (χ1) is 8.40. The summed E-state index contributed by atoms with van der Waals surface area (Å²) in [6, 6.07) is 8.29. The molecule has 2 aromatic carbocycles. The molecule has 0 heterocycles. The Morgan fingerprint density at radius 3 is 2.11 bits per heavy atom. The molecule has 0 aliphatic carbocycles. The Morgan fingerprint density at radius 2 is 1.50 bits per heavy atom. The van der Waals surface area contributed by atoms with Crippen LogP contribution in [0.3, 0.4) is 0 Å². The zero-order valence-electron chi connectivity index (χ0n) is 11.1. The van der Waals surface area contributed by atoms with Crippen molar-refractivity contribution in [3.05, 3.63) is 33.8 Å². The van der Waals surface area contributed by atoms with E-state index in [2.05, 4.69) is 59.4 Å². The Balaban J connectivity index is 2.71. The Bertz CT molecular complexity index is 608. The van der Waals surface area contributed by atoms with Gasteiger partial charge in [0, 0.05) is 9.50 Å². The van der Waals surface area contributed by atoms with E-state index in [1.54, 1.807) is 0 Å². The highest BCUT2D eigenvalue weighted by molar-refractivity contribution is 9.10. The van der Waals surface area contributed by atoms with E-state index in [9.17, 15) is 0 Å². The van der Waals surface area contributed by atoms with E-state index in [0.29, 0.717) is 0 Å². The largest absolute Gasteiger partial charge is 0.139 e. The van der Waals surface area contributed by atoms with Gasteiger partial charge in [0.05, 0.1) is 0 Å². The number of hydrogen-bond acceptors (Lipinski definition) is 0. The molecule has 0 aliphatic heterocycles. The second-order valence-corrected chi connectivity index (χ2v) is 6.13. The third-order valence-corrected chi connectivity index (χ3v) is 4.33. The van der Waals surface area contributed by atoms with Gasteiger partial charge in [-0.15, -0.1) is 10.9 Å². The zero-order valence-corrected chi connectivity index (χ0v) is 13.4. The molecule has 0 N–H and O–H groups in total. The zero-order chi connectivity index (χ0) is 13.4. The standard InChI is InChI=1S/C12H12B4BrCl/c13-9-4-8(10(14)12(16)11(9)15)5-1-6(17)3-7(18)2-5/h1-4H,13-16H2. The van der Waals surface area contributed by atoms with Gasteiger partial charge < -0.3 is 0 Å². The summed E-state index contributed by atoms with van der Waals surface area (Å²) in [6.45, 7) is 0. The summed E-state index contributed by atoms with van der Waals surface area (Å²) in [7, 11) is 8.69. The van der Waals surface area contributed by atoms with E-state index in [4.69, 9.17) is 11.6 Å². The van der Waals surface area contributed by atoms with E-state index < -0.39 is 0 Å². The first kappa shape index (κ1) is 13.9. The van der Waals surface area contributed by atoms with Crippen molar-refractivity contribution in [1.29, 1.82) is 0 Å². The van der Waals surface area contributed by atoms with Crippen LogP contribution in [-0.4, -0.2) is 31.4 Å². The lowest BCUT2D eigenvalue weighted by Crippen LogP contribution is -2.47. The molecule has 0 bridgehead atoms. The van der Waals surface area contributed by atoms with Crippen LogP contribution in [0.5, 0.6) is 0 Å². The summed E-state index contributed by atoms with van der Waals surface area (Å²) in [5, 5.41) is 0.759. The van der Waals surface area contributed by atoms with Gasteiger partial charge >= 0.3 is 0 Å². The van der Waals surface area contributed by atoms with Gasteiger partial charge in [0.25, 0.3) is 0 Å². The van der Waals surface area contributed by atoms with Crippen molar-refractivity contribution in [3.63, 3.8) is 0 Å². The van der Waals surface area contributed by atoms with Gasteiger partial charge in [0.15, 0.2) is 0 Å². The number of benzene rings is 2. The van der Waals surface area contributed by atoms with Crippen LogP contribution < -0.4 is 21.9 Å². The van der Waals surface area contributed by atoms with Crippen LogP contribution in [0.4, 0.5) is 0 Å². The molecule has 0 saturated carbocycles. The highest BCUT2D eigenvalue weighted by Gasteiger charge is 2.09. The molecule has 0 nitrogen and oxygen atoms in total. The van der Waals surface area contributed by atoms with Crippen LogP contribution in [0.15, 0.2) is 28.7 Å². The maximum absolute atomic E-state index is 6.13. The third-order valence-electron chi connectivity index (χ3n) is 3.65. The average Bonchev–Trinajstić information content (AvgIpc) is 2.30. The third kappa shape index (κ3) is 2.57. The molecule has 18 heavy (non-hydrogen) atoms. The van der Waals surface area contributed by atoms with Gasteiger partial charge in [-0.25, -0.2) is 0 Å². The first-order valence-electron chi connectivity index (χ1n) is 5.94. The Morgan fingerprint density at radius 1 is 0.833 bits per heavy atom. The van der Waals surface area contributed by atoms with E-state index in [0.717, 1.165) is 15.1 Å². The van der Waals surface area contributed by atoms with Crippen LogP contribution in [0.25, 0.3) is 11.1 Å². The Hall–Kier alpha value is -0.530. The van der Waals surface area contributed by atoms with Crippen molar-refractivity contribution in [1.82, 2.24) is 0 Å². The molecule has 0 fully saturated rings. The minimum atomic E-state index is 0.759. The molecule has 6 heteroatoms. The summed E-state index contributed by atoms with van der Waals surface area (Å²) in [5.74, 6) is 0. The van der Waals surface area contributed by atoms with Crippen molar-refractivity contribution >= 4 is 80.8 Å². The number of rotatable bonds is 1. The highest BCUT2D eigenvalue weighted by Crippen LogP contribution is 2.25. The van der Waals surface area contributed by atoms with Gasteiger partial charge in [-0.1, -0.05) is 44.5 Å². The molecule has 0 spiro atoms. The van der Waals surface area contributed by atoms with Crippen molar-refractivity contribution in [2.24, 2.45) is 0 Å². The predicted octanol–water partition coefficient (Wildman–Crippen LogP) is -2.20. The number of hydrogen-bond donors (Lipinski definition) is 0. The predicted molar refractivity (Wildman–Crippen MR) is 97.3 cm³/mol. The van der Waals surface area contributed by atoms with E-state index >= 15 is 0 Å². The van der Waals surface area contributed by atoms with Crippen molar-refractivity contribution in [2.45, 2.75) is 0 Å². The van der Waals surface area contributed by atoms with E-state index in [1.807, 2.05) is 12.1 Å². The van der Waals surface area contributed by atoms with Gasteiger partial charge in [-0.3, -0.25) is 0 Å². The molecular weight excluding hydrogens is 303 g/mol. The van der Waals surface area contributed by atoms with Crippen molar-refractivity contribution < 1.29 is 0 Å². The lowest BCUT2D eigenvalue weighted by Gasteiger charge is -2.16. The van der Waals surface area contributed by atoms with Crippen LogP contribution in [-0.2, 0) is 0 Å². The smallest absolute Gasteiger partial charge is 0.102 e. The number of halogens is 2. The molecule has 86 valence electrons. The van der Waals surface area contributed by atoms with E-state index in [-0.39, 0.29) is 0 Å². The summed E-state index contributed by atoms with van der Waals surface area (Å²) >= 11 is 9.64. The SMILES string of the molecule is Bc1cc(-c2cc(Cl)cc(Br)c2)c(B)c(B)c1B. The van der Waals surface area contributed by atoms with Gasteiger partial charge in [-0.2, -0.15) is 0 Å². The Labute approximate surface area is 125 Å². The molecule has 0 atom stereocenters. The normalized spacial score (nSPS) is 10.6. The van der Waals surface area contributed by atoms with Crippen LogP contribution in [0.1, 0.15) is 0 Å². The molecule has 0 saturated heterocycles. The monoisotopic (exact) mass is 314 g/mol. The fraction of sp³-hybridized carbons (Fsp3) is 0. The summed E-state index contributed by atoms with van der Waals surface area (Å²) < 4.78 is 1.01. The summed E-state index contributed by atoms with van der Waals surface area (Å²) in [4.78, 5) is 0. The minimum absolute atomic E-state index is 0.759. The average molecular weight is 315 g/mol. The molecule has 2 rings (SSSR count). The molecule has 2 aromatic rings. The molecule has 0 radical (unpaired) electrons.